The van der Waals surface area contributed by atoms with E-state index in [4.69, 9.17) is 15.6 Å². The van der Waals surface area contributed by atoms with Crippen LogP contribution in [0.5, 0.6) is 0 Å². The number of rotatable bonds is 5. The van der Waals surface area contributed by atoms with Crippen molar-refractivity contribution < 1.29 is 17.9 Å². The molecule has 0 saturated heterocycles. The molecule has 8 heteroatoms. The fourth-order valence-corrected chi connectivity index (χ4v) is 1.78. The summed E-state index contributed by atoms with van der Waals surface area (Å²) in [5, 5.41) is 7.49. The van der Waals surface area contributed by atoms with Gasteiger partial charge >= 0.3 is 0 Å². The second kappa shape index (κ2) is 5.91. The summed E-state index contributed by atoms with van der Waals surface area (Å²) in [7, 11) is -2.35. The first-order valence-corrected chi connectivity index (χ1v) is 6.59. The lowest BCUT2D eigenvalue weighted by Gasteiger charge is -2.13. The van der Waals surface area contributed by atoms with E-state index in [-0.39, 0.29) is 11.4 Å². The van der Waals surface area contributed by atoms with Gasteiger partial charge in [-0.25, -0.2) is 13.6 Å². The van der Waals surface area contributed by atoms with Crippen LogP contribution in [0.4, 0.5) is 5.69 Å². The maximum Gasteiger partial charge on any atom is 0.254 e. The van der Waals surface area contributed by atoms with Crippen LogP contribution in [0.2, 0.25) is 0 Å². The first-order chi connectivity index (χ1) is 8.38. The molecule has 1 aromatic rings. The monoisotopic (exact) mass is 273 g/mol. The molecule has 0 fully saturated rings. The number of methoxy groups -OCH3 is 1. The second-order valence-electron chi connectivity index (χ2n) is 3.52. The van der Waals surface area contributed by atoms with E-state index in [9.17, 15) is 13.2 Å². The zero-order valence-electron chi connectivity index (χ0n) is 9.79. The van der Waals surface area contributed by atoms with Gasteiger partial charge in [0.15, 0.2) is 0 Å². The van der Waals surface area contributed by atoms with Crippen LogP contribution in [0.1, 0.15) is 0 Å². The number of primary sulfonamides is 1. The summed E-state index contributed by atoms with van der Waals surface area (Å²) in [6, 6.07) is 5.46. The standard InChI is InChI=1S/C10H15N3O4S/c1-17-9(6-11)10(14)13-7-2-4-8(5-3-7)18(12,15)16/h2-5,9H,6,11H2,1H3,(H,13,14)(H2,12,15,16). The van der Waals surface area contributed by atoms with Crippen molar-refractivity contribution in [3.05, 3.63) is 24.3 Å². The maximum absolute atomic E-state index is 11.6. The number of anilines is 1. The molecule has 1 rings (SSSR count). The van der Waals surface area contributed by atoms with Gasteiger partial charge in [-0.3, -0.25) is 4.79 Å². The molecule has 18 heavy (non-hydrogen) atoms. The van der Waals surface area contributed by atoms with Crippen molar-refractivity contribution in [3.63, 3.8) is 0 Å². The van der Waals surface area contributed by atoms with Crippen LogP contribution in [0.25, 0.3) is 0 Å². The SMILES string of the molecule is COC(CN)C(=O)Nc1ccc(S(N)(=O)=O)cc1. The van der Waals surface area contributed by atoms with Gasteiger partial charge in [0, 0.05) is 19.3 Å². The number of nitrogens with two attached hydrogens (primary N) is 2. The topological polar surface area (TPSA) is 125 Å². The number of hydrogen-bond acceptors (Lipinski definition) is 5. The van der Waals surface area contributed by atoms with Gasteiger partial charge in [-0.15, -0.1) is 0 Å². The Morgan fingerprint density at radius 2 is 1.94 bits per heavy atom. The van der Waals surface area contributed by atoms with Crippen molar-refractivity contribution >= 4 is 21.6 Å². The van der Waals surface area contributed by atoms with E-state index in [0.29, 0.717) is 5.69 Å². The minimum atomic E-state index is -3.73. The highest BCUT2D eigenvalue weighted by molar-refractivity contribution is 7.89. The molecular weight excluding hydrogens is 258 g/mol. The van der Waals surface area contributed by atoms with E-state index >= 15 is 0 Å². The fourth-order valence-electron chi connectivity index (χ4n) is 1.26. The summed E-state index contributed by atoms with van der Waals surface area (Å²) in [6.07, 6.45) is -0.747. The van der Waals surface area contributed by atoms with Gasteiger partial charge in [0.1, 0.15) is 6.10 Å². The Kier molecular flexibility index (Phi) is 4.79. The number of carbonyl (C=O) groups excluding carboxylic acids is 1. The number of carbonyl (C=O) groups is 1. The van der Waals surface area contributed by atoms with Crippen molar-refractivity contribution in [2.24, 2.45) is 10.9 Å². The highest BCUT2D eigenvalue weighted by atomic mass is 32.2. The minimum absolute atomic E-state index is 0.0254. The molecule has 100 valence electrons. The quantitative estimate of drug-likeness (QED) is 0.650. The average Bonchev–Trinajstić information content (AvgIpc) is 2.30. The summed E-state index contributed by atoms with van der Waals surface area (Å²) >= 11 is 0. The van der Waals surface area contributed by atoms with Crippen LogP contribution in [-0.4, -0.2) is 34.1 Å². The molecule has 7 nitrogen and oxygen atoms in total. The molecule has 0 spiro atoms. The van der Waals surface area contributed by atoms with Crippen LogP contribution in [0, 0.1) is 0 Å². The second-order valence-corrected chi connectivity index (χ2v) is 5.08. The number of sulfonamides is 1. The predicted molar refractivity (Wildman–Crippen MR) is 66.3 cm³/mol. The number of ether oxygens (including phenoxy) is 1. The van der Waals surface area contributed by atoms with Gasteiger partial charge in [0.2, 0.25) is 10.0 Å². The summed E-state index contributed by atoms with van der Waals surface area (Å²) in [4.78, 5) is 11.6. The van der Waals surface area contributed by atoms with E-state index in [1.165, 1.54) is 31.4 Å². The molecular formula is C10H15N3O4S. The molecule has 0 aromatic heterocycles. The summed E-state index contributed by atoms with van der Waals surface area (Å²) in [5.74, 6) is -0.400. The lowest BCUT2D eigenvalue weighted by Crippen LogP contribution is -2.35. The van der Waals surface area contributed by atoms with Gasteiger partial charge in [0.05, 0.1) is 4.90 Å². The largest absolute Gasteiger partial charge is 0.370 e. The van der Waals surface area contributed by atoms with E-state index in [1.807, 2.05) is 0 Å². The maximum atomic E-state index is 11.6. The summed E-state index contributed by atoms with van der Waals surface area (Å²) < 4.78 is 26.9. The van der Waals surface area contributed by atoms with Gasteiger partial charge < -0.3 is 15.8 Å². The van der Waals surface area contributed by atoms with Crippen molar-refractivity contribution in [2.75, 3.05) is 19.0 Å². The number of hydrogen-bond donors (Lipinski definition) is 3. The van der Waals surface area contributed by atoms with Gasteiger partial charge in [-0.1, -0.05) is 0 Å². The highest BCUT2D eigenvalue weighted by Gasteiger charge is 2.16. The normalized spacial score (nSPS) is 13.1. The fraction of sp³-hybridized carbons (Fsp3) is 0.300. The molecule has 1 aromatic carbocycles. The summed E-state index contributed by atoms with van der Waals surface area (Å²) in [5.41, 5.74) is 5.77. The highest BCUT2D eigenvalue weighted by Crippen LogP contribution is 2.13. The third-order valence-electron chi connectivity index (χ3n) is 2.24. The van der Waals surface area contributed by atoms with Crippen LogP contribution >= 0.6 is 0 Å². The molecule has 0 radical (unpaired) electrons. The van der Waals surface area contributed by atoms with Crippen LogP contribution in [0.15, 0.2) is 29.2 Å². The van der Waals surface area contributed by atoms with Crippen molar-refractivity contribution in [1.29, 1.82) is 0 Å². The zero-order valence-corrected chi connectivity index (χ0v) is 10.6. The Morgan fingerprint density at radius 3 is 2.33 bits per heavy atom. The van der Waals surface area contributed by atoms with E-state index in [2.05, 4.69) is 5.32 Å². The molecule has 0 bridgehead atoms. The molecule has 1 unspecified atom stereocenters. The third kappa shape index (κ3) is 3.77. The van der Waals surface area contributed by atoms with Gasteiger partial charge in [-0.2, -0.15) is 0 Å². The Balaban J connectivity index is 2.79. The molecule has 5 N–H and O–H groups in total. The Hall–Kier alpha value is -1.48. The molecule has 1 atom stereocenters. The van der Waals surface area contributed by atoms with Gasteiger partial charge in [0.25, 0.3) is 5.91 Å². The Bertz CT molecular complexity index is 508. The first kappa shape index (κ1) is 14.6. The molecule has 0 heterocycles. The molecule has 0 aliphatic heterocycles. The molecule has 0 saturated carbocycles. The lowest BCUT2D eigenvalue weighted by atomic mass is 10.3. The van der Waals surface area contributed by atoms with Crippen LogP contribution in [0.3, 0.4) is 0 Å². The first-order valence-electron chi connectivity index (χ1n) is 5.05. The van der Waals surface area contributed by atoms with E-state index in [1.54, 1.807) is 0 Å². The predicted octanol–water partition coefficient (Wildman–Crippen LogP) is -0.754. The molecule has 1 amide bonds. The Labute approximate surface area is 105 Å². The molecule has 0 aliphatic carbocycles. The number of nitrogens with one attached hydrogen (secondary N) is 1. The van der Waals surface area contributed by atoms with Crippen molar-refractivity contribution in [3.8, 4) is 0 Å². The average molecular weight is 273 g/mol. The van der Waals surface area contributed by atoms with Crippen LogP contribution < -0.4 is 16.2 Å². The van der Waals surface area contributed by atoms with Crippen LogP contribution in [-0.2, 0) is 19.6 Å². The zero-order chi connectivity index (χ0) is 13.8. The van der Waals surface area contributed by atoms with E-state index in [0.717, 1.165) is 0 Å². The van der Waals surface area contributed by atoms with Crippen molar-refractivity contribution in [2.45, 2.75) is 11.0 Å². The van der Waals surface area contributed by atoms with Gasteiger partial charge in [-0.05, 0) is 24.3 Å². The molecule has 0 aliphatic rings. The lowest BCUT2D eigenvalue weighted by molar-refractivity contribution is -0.125. The number of benzene rings is 1. The van der Waals surface area contributed by atoms with E-state index < -0.39 is 22.0 Å². The minimum Gasteiger partial charge on any atom is -0.370 e. The number of amides is 1. The van der Waals surface area contributed by atoms with Crippen molar-refractivity contribution in [1.82, 2.24) is 0 Å². The summed E-state index contributed by atoms with van der Waals surface area (Å²) in [6.45, 7) is 0.0532. The Morgan fingerprint density at radius 1 is 1.39 bits per heavy atom. The smallest absolute Gasteiger partial charge is 0.254 e. The third-order valence-corrected chi connectivity index (χ3v) is 3.17.